The van der Waals surface area contributed by atoms with Crippen molar-refractivity contribution in [2.45, 2.75) is 19.3 Å². The molecule has 9 nitrogen and oxygen atoms in total. The van der Waals surface area contributed by atoms with Gasteiger partial charge in [0.25, 0.3) is 17.3 Å². The Morgan fingerprint density at radius 3 is 2.30 bits per heavy atom. The molecule has 1 aromatic rings. The quantitative estimate of drug-likeness (QED) is 0.421. The van der Waals surface area contributed by atoms with Gasteiger partial charge in [0.2, 0.25) is 0 Å². The van der Waals surface area contributed by atoms with Crippen LogP contribution < -0.4 is 5.32 Å². The maximum absolute atomic E-state index is 11.9. The molecule has 2 rings (SSSR count). The minimum atomic E-state index is -0.768. The number of hydrogen-bond donors (Lipinski definition) is 1. The number of rotatable bonds is 9. The van der Waals surface area contributed by atoms with Gasteiger partial charge in [-0.1, -0.05) is 0 Å². The topological polar surface area (TPSA) is 125 Å². The fourth-order valence-electron chi connectivity index (χ4n) is 1.95. The molecule has 0 bridgehead atoms. The van der Waals surface area contributed by atoms with Crippen LogP contribution in [0.25, 0.3) is 0 Å². The van der Waals surface area contributed by atoms with Gasteiger partial charge in [-0.25, -0.2) is 0 Å². The van der Waals surface area contributed by atoms with E-state index in [1.807, 2.05) is 0 Å². The number of nitro groups is 2. The summed E-state index contributed by atoms with van der Waals surface area (Å²) in [6, 6.07) is 2.86. The first-order valence-corrected chi connectivity index (χ1v) is 7.27. The summed E-state index contributed by atoms with van der Waals surface area (Å²) in [6.07, 6.45) is 3.03. The van der Waals surface area contributed by atoms with Crippen molar-refractivity contribution in [2.24, 2.45) is 5.92 Å². The van der Waals surface area contributed by atoms with Gasteiger partial charge < -0.3 is 10.1 Å². The molecule has 0 aliphatic heterocycles. The number of ether oxygens (including phenoxy) is 1. The number of benzene rings is 1. The zero-order valence-electron chi connectivity index (χ0n) is 12.4. The van der Waals surface area contributed by atoms with Crippen molar-refractivity contribution in [1.29, 1.82) is 0 Å². The molecule has 1 fully saturated rings. The van der Waals surface area contributed by atoms with E-state index in [4.69, 9.17) is 4.74 Å². The van der Waals surface area contributed by atoms with E-state index >= 15 is 0 Å². The van der Waals surface area contributed by atoms with E-state index in [-0.39, 0.29) is 5.56 Å². The molecule has 1 amide bonds. The maximum atomic E-state index is 11.9. The molecule has 0 spiro atoms. The van der Waals surface area contributed by atoms with Crippen molar-refractivity contribution >= 4 is 17.3 Å². The molecule has 0 radical (unpaired) electrons. The van der Waals surface area contributed by atoms with Crippen LogP contribution in [-0.2, 0) is 4.74 Å². The average molecular weight is 323 g/mol. The lowest BCUT2D eigenvalue weighted by Gasteiger charge is -2.06. The van der Waals surface area contributed by atoms with E-state index in [0.717, 1.165) is 24.8 Å². The van der Waals surface area contributed by atoms with Gasteiger partial charge in [-0.05, 0) is 25.2 Å². The lowest BCUT2D eigenvalue weighted by molar-refractivity contribution is -0.394. The molecule has 1 aromatic carbocycles. The molecule has 1 aliphatic carbocycles. The summed E-state index contributed by atoms with van der Waals surface area (Å²) >= 11 is 0. The highest BCUT2D eigenvalue weighted by Crippen LogP contribution is 2.28. The largest absolute Gasteiger partial charge is 0.381 e. The first-order chi connectivity index (χ1) is 11.0. The molecule has 0 unspecified atom stereocenters. The van der Waals surface area contributed by atoms with Gasteiger partial charge in [0.05, 0.1) is 21.5 Å². The fourth-order valence-corrected chi connectivity index (χ4v) is 1.95. The summed E-state index contributed by atoms with van der Waals surface area (Å²) < 4.78 is 5.42. The van der Waals surface area contributed by atoms with Crippen LogP contribution in [0.4, 0.5) is 11.4 Å². The predicted octanol–water partition coefficient (Wildman–Crippen LogP) is 2.05. The predicted molar refractivity (Wildman–Crippen MR) is 80.2 cm³/mol. The van der Waals surface area contributed by atoms with Crippen molar-refractivity contribution in [1.82, 2.24) is 5.32 Å². The number of non-ortho nitro benzene ring substituents is 2. The third-order valence-corrected chi connectivity index (χ3v) is 3.39. The number of nitro benzene ring substituents is 2. The van der Waals surface area contributed by atoms with E-state index in [9.17, 15) is 25.0 Å². The summed E-state index contributed by atoms with van der Waals surface area (Å²) in [6.45, 7) is 1.59. The third-order valence-electron chi connectivity index (χ3n) is 3.39. The second-order valence-corrected chi connectivity index (χ2v) is 5.38. The second-order valence-electron chi connectivity index (χ2n) is 5.38. The van der Waals surface area contributed by atoms with Gasteiger partial charge in [0.1, 0.15) is 0 Å². The molecular weight excluding hydrogens is 306 g/mol. The minimum Gasteiger partial charge on any atom is -0.381 e. The Labute approximate surface area is 131 Å². The summed E-state index contributed by atoms with van der Waals surface area (Å²) in [7, 11) is 0. The number of carbonyl (C=O) groups excluding carboxylic acids is 1. The van der Waals surface area contributed by atoms with Gasteiger partial charge in [-0.3, -0.25) is 25.0 Å². The maximum Gasteiger partial charge on any atom is 0.277 e. The summed E-state index contributed by atoms with van der Waals surface area (Å²) in [5.74, 6) is 0.0917. The number of hydrogen-bond acceptors (Lipinski definition) is 6. The van der Waals surface area contributed by atoms with Crippen molar-refractivity contribution < 1.29 is 19.4 Å². The van der Waals surface area contributed by atoms with Crippen LogP contribution in [0.3, 0.4) is 0 Å². The van der Waals surface area contributed by atoms with Crippen LogP contribution in [0.1, 0.15) is 29.6 Å². The Bertz CT molecular complexity index is 582. The van der Waals surface area contributed by atoms with Crippen LogP contribution in [0.5, 0.6) is 0 Å². The van der Waals surface area contributed by atoms with Gasteiger partial charge in [0.15, 0.2) is 0 Å². The number of carbonyl (C=O) groups is 1. The Hall–Kier alpha value is -2.55. The molecule has 0 heterocycles. The highest BCUT2D eigenvalue weighted by atomic mass is 16.6. The van der Waals surface area contributed by atoms with Crippen LogP contribution in [-0.4, -0.2) is 35.5 Å². The van der Waals surface area contributed by atoms with E-state index in [2.05, 4.69) is 5.32 Å². The monoisotopic (exact) mass is 323 g/mol. The van der Waals surface area contributed by atoms with E-state index in [1.165, 1.54) is 12.8 Å². The SMILES string of the molecule is O=C(NCCCOCC1CC1)c1cc([N+](=O)[O-])cc([N+](=O)[O-])c1. The average Bonchev–Trinajstić information content (AvgIpc) is 3.34. The number of nitrogens with one attached hydrogen (secondary N) is 1. The van der Waals surface area contributed by atoms with Gasteiger partial charge in [0, 0.05) is 31.9 Å². The van der Waals surface area contributed by atoms with Crippen molar-refractivity contribution in [3.8, 4) is 0 Å². The Morgan fingerprint density at radius 1 is 1.17 bits per heavy atom. The van der Waals surface area contributed by atoms with Crippen LogP contribution in [0.15, 0.2) is 18.2 Å². The molecule has 1 aliphatic rings. The normalized spacial score (nSPS) is 13.6. The van der Waals surface area contributed by atoms with Gasteiger partial charge in [-0.2, -0.15) is 0 Å². The van der Waals surface area contributed by atoms with E-state index in [0.29, 0.717) is 25.5 Å². The highest BCUT2D eigenvalue weighted by molar-refractivity contribution is 5.95. The number of amides is 1. The third kappa shape index (κ3) is 5.29. The lowest BCUT2D eigenvalue weighted by Crippen LogP contribution is -2.25. The molecule has 23 heavy (non-hydrogen) atoms. The van der Waals surface area contributed by atoms with Crippen molar-refractivity contribution in [3.05, 3.63) is 44.0 Å². The summed E-state index contributed by atoms with van der Waals surface area (Å²) in [5, 5.41) is 24.1. The molecule has 0 aromatic heterocycles. The Balaban J connectivity index is 1.86. The minimum absolute atomic E-state index is 0.107. The summed E-state index contributed by atoms with van der Waals surface area (Å²) in [5.41, 5.74) is -1.08. The summed E-state index contributed by atoms with van der Waals surface area (Å²) in [4.78, 5) is 32.0. The first-order valence-electron chi connectivity index (χ1n) is 7.27. The molecule has 124 valence electrons. The zero-order chi connectivity index (χ0) is 16.8. The Morgan fingerprint density at radius 2 is 1.78 bits per heavy atom. The highest BCUT2D eigenvalue weighted by Gasteiger charge is 2.21. The van der Waals surface area contributed by atoms with Gasteiger partial charge >= 0.3 is 0 Å². The van der Waals surface area contributed by atoms with Crippen LogP contribution >= 0.6 is 0 Å². The van der Waals surface area contributed by atoms with Crippen LogP contribution in [0.2, 0.25) is 0 Å². The van der Waals surface area contributed by atoms with Crippen molar-refractivity contribution in [2.75, 3.05) is 19.8 Å². The standard InChI is InChI=1S/C14H17N3O6/c18-14(15-4-1-5-23-9-10-2-3-10)11-6-12(16(19)20)8-13(7-11)17(21)22/h6-8,10H,1-5,9H2,(H,15,18). The zero-order valence-corrected chi connectivity index (χ0v) is 12.4. The second kappa shape index (κ2) is 7.63. The molecule has 0 atom stereocenters. The Kier molecular flexibility index (Phi) is 5.58. The molecule has 1 N–H and O–H groups in total. The number of nitrogens with zero attached hydrogens (tertiary/aromatic N) is 2. The molecule has 0 saturated heterocycles. The fraction of sp³-hybridized carbons (Fsp3) is 0.500. The molecular formula is C14H17N3O6. The van der Waals surface area contributed by atoms with Crippen molar-refractivity contribution in [3.63, 3.8) is 0 Å². The van der Waals surface area contributed by atoms with E-state index in [1.54, 1.807) is 0 Å². The lowest BCUT2D eigenvalue weighted by atomic mass is 10.1. The molecule has 9 heteroatoms. The molecule has 1 saturated carbocycles. The van der Waals surface area contributed by atoms with E-state index < -0.39 is 27.1 Å². The van der Waals surface area contributed by atoms with Crippen LogP contribution in [0, 0.1) is 26.1 Å². The smallest absolute Gasteiger partial charge is 0.277 e. The first kappa shape index (κ1) is 16.8. The van der Waals surface area contributed by atoms with Gasteiger partial charge in [-0.15, -0.1) is 0 Å².